The monoisotopic (exact) mass is 247 g/mol. The first-order valence-electron chi connectivity index (χ1n) is 1.53. The first kappa shape index (κ1) is 23.5. The van der Waals surface area contributed by atoms with Gasteiger partial charge in [-0.3, -0.25) is 0 Å². The summed E-state index contributed by atoms with van der Waals surface area (Å²) in [6, 6.07) is 0. The first-order valence-corrected chi connectivity index (χ1v) is 4.59. The largest absolute Gasteiger partial charge is 2.00 e. The molecule has 0 radical (unpaired) electrons. The second-order valence-corrected chi connectivity index (χ2v) is 3.68. The Balaban J connectivity index is -0.0000000152. The van der Waals surface area contributed by atoms with Gasteiger partial charge in [-0.15, -0.1) is 0 Å². The molecule has 0 aromatic heterocycles. The van der Waals surface area contributed by atoms with E-state index >= 15 is 0 Å². The van der Waals surface area contributed by atoms with Crippen molar-refractivity contribution >= 4 is 61.8 Å². The van der Waals surface area contributed by atoms with E-state index in [1.54, 1.807) is 0 Å². The zero-order valence-corrected chi connectivity index (χ0v) is 10.6. The van der Waals surface area contributed by atoms with Crippen LogP contribution in [0.4, 0.5) is 0 Å². The molecule has 12 heteroatoms. The maximum absolute atomic E-state index is 9.63. The van der Waals surface area contributed by atoms with Crippen LogP contribution in [0.2, 0.25) is 0 Å². The maximum Gasteiger partial charge on any atom is 2.00 e. The minimum Gasteiger partial charge on any atom is -1.00 e. The van der Waals surface area contributed by atoms with E-state index in [9.17, 15) is 9.13 Å². The predicted octanol–water partition coefficient (Wildman–Crippen LogP) is -0.961. The zero-order valence-electron chi connectivity index (χ0n) is 10.0. The Hall–Kier alpha value is 1.75. The molecule has 0 saturated heterocycles. The molecule has 7 N–H and O–H groups in total. The Bertz CT molecular complexity index is 173. The zero-order chi connectivity index (χ0) is 7.71. The summed E-state index contributed by atoms with van der Waals surface area (Å²) in [5.41, 5.74) is 0. The third-order valence-electron chi connectivity index (χ3n) is 0.213. The van der Waals surface area contributed by atoms with Gasteiger partial charge in [0, 0.05) is 0 Å². The van der Waals surface area contributed by atoms with E-state index in [4.69, 9.17) is 19.6 Å². The van der Waals surface area contributed by atoms with Crippen LogP contribution in [-0.2, 0) is 13.4 Å². The van der Waals surface area contributed by atoms with Crippen molar-refractivity contribution in [2.24, 2.45) is 0 Å². The van der Waals surface area contributed by atoms with Gasteiger partial charge in [-0.1, -0.05) is 0 Å². The normalized spacial score (nSPS) is 10.3. The molecule has 0 atom stereocenters. The third-order valence-corrected chi connectivity index (χ3v) is 1.91. The fourth-order valence-electron chi connectivity index (χ4n) is 0.139. The molecule has 0 saturated carbocycles. The van der Waals surface area contributed by atoms with Crippen LogP contribution in [-0.4, -0.2) is 65.7 Å². The van der Waals surface area contributed by atoms with Gasteiger partial charge in [0.15, 0.2) is 0 Å². The first-order chi connectivity index (χ1) is 3.71. The molecular weight excluding hydrogens is 237 g/mol. The van der Waals surface area contributed by atoms with E-state index in [1.807, 2.05) is 0 Å². The second kappa shape index (κ2) is 8.09. The van der Waals surface area contributed by atoms with E-state index in [0.717, 1.165) is 0 Å². The average molecular weight is 248 g/mol. The van der Waals surface area contributed by atoms with Crippen molar-refractivity contribution in [1.29, 1.82) is 0 Å². The molecule has 0 aromatic carbocycles. The molecule has 0 unspecified atom stereocenters. The molecule has 12 heavy (non-hydrogen) atoms. The van der Waals surface area contributed by atoms with Crippen molar-refractivity contribution in [3.8, 4) is 0 Å². The molecular formula is H11Mg2NO7P2. The fraction of sp³-hybridized carbons (Fsp3) is 0. The van der Waals surface area contributed by atoms with Gasteiger partial charge in [-0.05, 0) is 0 Å². The molecule has 0 aliphatic carbocycles. The van der Waals surface area contributed by atoms with Gasteiger partial charge in [0.1, 0.15) is 0 Å². The summed E-state index contributed by atoms with van der Waals surface area (Å²) >= 11 is 0. The minimum absolute atomic E-state index is 0. The molecule has 0 aliphatic heterocycles. The summed E-state index contributed by atoms with van der Waals surface area (Å²) in [6.07, 6.45) is 0. The van der Waals surface area contributed by atoms with Crippen molar-refractivity contribution in [3.05, 3.63) is 0 Å². The molecule has 0 rings (SSSR count). The van der Waals surface area contributed by atoms with Crippen LogP contribution in [0.25, 0.3) is 0 Å². The number of phosphoric acid groups is 2. The van der Waals surface area contributed by atoms with E-state index in [-0.39, 0.29) is 58.0 Å². The van der Waals surface area contributed by atoms with Crippen LogP contribution in [0.5, 0.6) is 0 Å². The van der Waals surface area contributed by atoms with Crippen LogP contribution >= 0.6 is 15.6 Å². The van der Waals surface area contributed by atoms with Gasteiger partial charge in [-0.25, -0.2) is 9.13 Å². The Morgan fingerprint density at radius 2 is 1.08 bits per heavy atom. The molecule has 0 aliphatic rings. The topological polar surface area (TPSA) is 159 Å². The summed E-state index contributed by atoms with van der Waals surface area (Å²) in [7, 11) is -10.1. The third kappa shape index (κ3) is 22.6. The van der Waals surface area contributed by atoms with Crippen molar-refractivity contribution < 1.29 is 38.7 Å². The van der Waals surface area contributed by atoms with Gasteiger partial charge < -0.3 is 31.4 Å². The van der Waals surface area contributed by atoms with Crippen molar-refractivity contribution in [2.75, 3.05) is 0 Å². The molecule has 0 bridgehead atoms. The SMILES string of the molecule is N.O=P(O)(O)OP(=O)(O)O.[H-].[H-].[H-].[H-].[Mg+2].[Mg+2]. The number of hydrogen-bond acceptors (Lipinski definition) is 4. The van der Waals surface area contributed by atoms with E-state index in [1.165, 1.54) is 0 Å². The molecule has 0 aromatic rings. The Kier molecular flexibility index (Phi) is 15.9. The van der Waals surface area contributed by atoms with Crippen LogP contribution in [0.1, 0.15) is 5.71 Å². The van der Waals surface area contributed by atoms with Crippen LogP contribution in [0, 0.1) is 0 Å². The van der Waals surface area contributed by atoms with Crippen molar-refractivity contribution in [3.63, 3.8) is 0 Å². The minimum atomic E-state index is -5.05. The molecule has 0 amide bonds. The fourth-order valence-corrected chi connectivity index (χ4v) is 1.25. The van der Waals surface area contributed by atoms with E-state index < -0.39 is 15.6 Å². The standard InChI is InChI=1S/2Mg.H3N.H4O7P2.4H/c;;;1-8(2,3)7-9(4,5)6;;;;/h;;1H3;(H2,1,2,3)(H2,4,5,6);;;;/q2*+2;;;4*-1. The van der Waals surface area contributed by atoms with Gasteiger partial charge in [-0.2, -0.15) is 4.31 Å². The average Bonchev–Trinajstić information content (AvgIpc) is 1.14. The number of rotatable bonds is 2. The van der Waals surface area contributed by atoms with Crippen molar-refractivity contribution in [2.45, 2.75) is 0 Å². The Labute approximate surface area is 106 Å². The van der Waals surface area contributed by atoms with Gasteiger partial charge >= 0.3 is 61.8 Å². The Morgan fingerprint density at radius 1 is 0.917 bits per heavy atom. The van der Waals surface area contributed by atoms with Crippen LogP contribution in [0.3, 0.4) is 0 Å². The summed E-state index contributed by atoms with van der Waals surface area (Å²) < 4.78 is 22.2. The summed E-state index contributed by atoms with van der Waals surface area (Å²) in [5, 5.41) is 0. The molecule has 0 spiro atoms. The number of hydrogen-bond donors (Lipinski definition) is 5. The van der Waals surface area contributed by atoms with Crippen LogP contribution in [0.15, 0.2) is 0 Å². The molecule has 72 valence electrons. The molecule has 0 heterocycles. The molecule has 8 nitrogen and oxygen atoms in total. The smallest absolute Gasteiger partial charge is 1.00 e. The maximum atomic E-state index is 9.63. The van der Waals surface area contributed by atoms with Crippen LogP contribution < -0.4 is 6.15 Å². The summed E-state index contributed by atoms with van der Waals surface area (Å²) in [4.78, 5) is 31.0. The quantitative estimate of drug-likeness (QED) is 0.308. The predicted molar refractivity (Wildman–Crippen MR) is 46.2 cm³/mol. The van der Waals surface area contributed by atoms with Gasteiger partial charge in [0.25, 0.3) is 0 Å². The molecule has 0 fully saturated rings. The summed E-state index contributed by atoms with van der Waals surface area (Å²) in [5.74, 6) is 0. The van der Waals surface area contributed by atoms with Crippen molar-refractivity contribution in [1.82, 2.24) is 6.15 Å². The Morgan fingerprint density at radius 3 is 1.08 bits per heavy atom. The second-order valence-electron chi connectivity index (χ2n) is 1.06. The van der Waals surface area contributed by atoms with Gasteiger partial charge in [0.05, 0.1) is 0 Å². The van der Waals surface area contributed by atoms with E-state index in [0.29, 0.717) is 0 Å². The van der Waals surface area contributed by atoms with Gasteiger partial charge in [0.2, 0.25) is 0 Å². The van der Waals surface area contributed by atoms with E-state index in [2.05, 4.69) is 4.31 Å². The summed E-state index contributed by atoms with van der Waals surface area (Å²) in [6.45, 7) is 0.